The number of aromatic amines is 2. The molecule has 0 bridgehead atoms. The van der Waals surface area contributed by atoms with Gasteiger partial charge in [-0.2, -0.15) is 0 Å². The Balaban J connectivity index is 0.998. The van der Waals surface area contributed by atoms with Crippen molar-refractivity contribution in [2.24, 2.45) is 5.92 Å². The van der Waals surface area contributed by atoms with Crippen molar-refractivity contribution in [2.45, 2.75) is 57.7 Å². The van der Waals surface area contributed by atoms with Gasteiger partial charge in [-0.05, 0) is 67.0 Å². The Hall–Kier alpha value is -4.52. The summed E-state index contributed by atoms with van der Waals surface area (Å²) < 4.78 is 7.36. The quantitative estimate of drug-likeness (QED) is 0.128. The number of imidazole rings is 2. The third-order valence-corrected chi connectivity index (χ3v) is 12.0. The summed E-state index contributed by atoms with van der Waals surface area (Å²) in [6.45, 7) is 5.51. The monoisotopic (exact) mass is 693 g/mol. The normalized spacial score (nSPS) is 18.6. The van der Waals surface area contributed by atoms with E-state index in [9.17, 15) is 9.59 Å². The maximum Gasteiger partial charge on any atom is 0.407 e. The molecule has 8 rings (SSSR count). The Labute approximate surface area is 292 Å². The van der Waals surface area contributed by atoms with E-state index in [2.05, 4.69) is 73.8 Å². The molecule has 6 heterocycles. The smallest absolute Gasteiger partial charge is 0.407 e. The van der Waals surface area contributed by atoms with Crippen LogP contribution in [0, 0.1) is 5.92 Å². The maximum absolute atomic E-state index is 13.5. The number of aromatic nitrogens is 4. The number of likely N-dealkylation sites (tertiary alicyclic amines) is 1. The lowest BCUT2D eigenvalue weighted by Crippen LogP contribution is -2.51. The molecular weight excluding hydrogens is 655 g/mol. The summed E-state index contributed by atoms with van der Waals surface area (Å²) in [5, 5.41) is 10.8. The van der Waals surface area contributed by atoms with Gasteiger partial charge in [-0.15, -0.1) is 22.7 Å². The largest absolute Gasteiger partial charge is 0.453 e. The first-order valence-electron chi connectivity index (χ1n) is 16.9. The first-order valence-corrected chi connectivity index (χ1v) is 18.7. The Bertz CT molecular complexity index is 2140. The van der Waals surface area contributed by atoms with E-state index >= 15 is 0 Å². The minimum absolute atomic E-state index is 0.0809. The van der Waals surface area contributed by atoms with Crippen molar-refractivity contribution >= 4 is 55.1 Å². The van der Waals surface area contributed by atoms with E-state index in [1.165, 1.54) is 45.2 Å². The van der Waals surface area contributed by atoms with E-state index in [-0.39, 0.29) is 17.9 Å². The van der Waals surface area contributed by atoms with Gasteiger partial charge in [-0.1, -0.05) is 44.2 Å². The van der Waals surface area contributed by atoms with Gasteiger partial charge in [0.1, 0.15) is 17.7 Å². The molecule has 4 N–H and O–H groups in total. The molecule has 12 heteroatoms. The predicted molar refractivity (Wildman–Crippen MR) is 196 cm³/mol. The lowest BCUT2D eigenvalue weighted by atomic mass is 10.0. The number of nitrogens with one attached hydrogen (secondary N) is 4. The van der Waals surface area contributed by atoms with Gasteiger partial charge in [0.05, 0.1) is 51.5 Å². The molecule has 2 aliphatic rings. The summed E-state index contributed by atoms with van der Waals surface area (Å²) in [5.74, 6) is 1.60. The van der Waals surface area contributed by atoms with Gasteiger partial charge in [-0.25, -0.2) is 14.8 Å². The highest BCUT2D eigenvalue weighted by atomic mass is 32.1. The highest BCUT2D eigenvalue weighted by molar-refractivity contribution is 7.27. The summed E-state index contributed by atoms with van der Waals surface area (Å²) in [5.41, 5.74) is 8.91. The van der Waals surface area contributed by atoms with Crippen LogP contribution in [0.25, 0.3) is 53.9 Å². The molecule has 2 aliphatic heterocycles. The highest BCUT2D eigenvalue weighted by Crippen LogP contribution is 2.44. The molecule has 2 fully saturated rings. The number of methoxy groups -OCH3 is 1. The summed E-state index contributed by atoms with van der Waals surface area (Å²) in [4.78, 5) is 43.9. The van der Waals surface area contributed by atoms with Crippen molar-refractivity contribution in [3.63, 3.8) is 0 Å². The molecule has 49 heavy (non-hydrogen) atoms. The van der Waals surface area contributed by atoms with Crippen molar-refractivity contribution in [3.8, 4) is 33.5 Å². The number of fused-ring (bicyclic) bond motifs is 2. The number of hydrogen-bond donors (Lipinski definition) is 4. The molecule has 0 spiro atoms. The molecule has 3 atom stereocenters. The van der Waals surface area contributed by atoms with E-state index in [0.29, 0.717) is 12.6 Å². The number of carbonyl (C=O) groups is 2. The van der Waals surface area contributed by atoms with Gasteiger partial charge in [-0.3, -0.25) is 4.79 Å². The van der Waals surface area contributed by atoms with E-state index < -0.39 is 12.1 Å². The van der Waals surface area contributed by atoms with Gasteiger partial charge >= 0.3 is 6.09 Å². The minimum atomic E-state index is -0.662. The van der Waals surface area contributed by atoms with Crippen LogP contribution in [0.4, 0.5) is 4.79 Å². The SMILES string of the molecule is COC(=O)N[C@H](C(=O)N1CCC[C@H]1c1ncc(-c2ccc(-c3csc4c(-c5ccc6nc(C7CCCN7)[nH]c6c5)csc34)cc2)[nH]1)C(C)C. The zero-order chi connectivity index (χ0) is 33.6. The lowest BCUT2D eigenvalue weighted by molar-refractivity contribution is -0.135. The van der Waals surface area contributed by atoms with Crippen LogP contribution in [-0.2, 0) is 9.53 Å². The number of nitrogens with zero attached hydrogens (tertiary/aromatic N) is 3. The number of rotatable bonds is 8. The van der Waals surface area contributed by atoms with Crippen LogP contribution in [0.1, 0.15) is 63.3 Å². The van der Waals surface area contributed by atoms with Crippen molar-refractivity contribution < 1.29 is 14.3 Å². The van der Waals surface area contributed by atoms with Crippen LogP contribution in [0.2, 0.25) is 0 Å². The van der Waals surface area contributed by atoms with Crippen LogP contribution in [0.15, 0.2) is 59.4 Å². The molecule has 6 aromatic rings. The Kier molecular flexibility index (Phi) is 8.46. The topological polar surface area (TPSA) is 128 Å². The fourth-order valence-corrected chi connectivity index (χ4v) is 9.63. The Morgan fingerprint density at radius 3 is 2.39 bits per heavy atom. The average molecular weight is 694 g/mol. The van der Waals surface area contributed by atoms with Crippen LogP contribution in [-0.4, -0.2) is 63.1 Å². The van der Waals surface area contributed by atoms with Gasteiger partial charge < -0.3 is 30.2 Å². The second kappa shape index (κ2) is 13.1. The molecule has 2 saturated heterocycles. The van der Waals surface area contributed by atoms with E-state index in [0.717, 1.165) is 59.7 Å². The summed E-state index contributed by atoms with van der Waals surface area (Å²) >= 11 is 3.58. The number of carbonyl (C=O) groups excluding carboxylic acids is 2. The predicted octanol–water partition coefficient (Wildman–Crippen LogP) is 8.03. The van der Waals surface area contributed by atoms with Crippen LogP contribution in [0.5, 0.6) is 0 Å². The summed E-state index contributed by atoms with van der Waals surface area (Å²) in [7, 11) is 1.30. The molecule has 0 radical (unpaired) electrons. The third kappa shape index (κ3) is 5.91. The molecule has 1 unspecified atom stereocenters. The second-order valence-electron chi connectivity index (χ2n) is 13.3. The second-order valence-corrected chi connectivity index (χ2v) is 15.0. The number of H-pyrrole nitrogens is 2. The fourth-order valence-electron chi connectivity index (χ4n) is 7.17. The molecule has 2 aromatic carbocycles. The standard InChI is InChI=1S/C37H39N7O3S2/c1-20(2)31(43-37(46)47-3)36(45)44-15-5-7-30(44)35-39-17-29(42-35)22-10-8-21(9-11-22)24-18-48-33-25(19-49-32(24)33)23-12-13-26-28(16-23)41-34(40-26)27-6-4-14-38-27/h8-13,16-20,27,30-31,38H,4-7,14-15H2,1-3H3,(H,39,42)(H,40,41)(H,43,46)/t27?,30-,31-/m0/s1. The molecule has 2 amide bonds. The van der Waals surface area contributed by atoms with Crippen LogP contribution < -0.4 is 10.6 Å². The van der Waals surface area contributed by atoms with E-state index in [4.69, 9.17) is 14.7 Å². The van der Waals surface area contributed by atoms with Crippen molar-refractivity contribution in [3.05, 3.63) is 71.1 Å². The third-order valence-electron chi connectivity index (χ3n) is 9.83. The summed E-state index contributed by atoms with van der Waals surface area (Å²) in [6.07, 6.45) is 5.24. The van der Waals surface area contributed by atoms with Gasteiger partial charge in [0.15, 0.2) is 0 Å². The maximum atomic E-state index is 13.5. The number of thiophene rings is 2. The fraction of sp³-hybridized carbons (Fsp3) is 0.351. The summed E-state index contributed by atoms with van der Waals surface area (Å²) in [6, 6.07) is 14.6. The van der Waals surface area contributed by atoms with Gasteiger partial charge in [0.2, 0.25) is 5.91 Å². The molecule has 0 aliphatic carbocycles. The zero-order valence-corrected chi connectivity index (χ0v) is 29.3. The Morgan fingerprint density at radius 1 is 0.939 bits per heavy atom. The highest BCUT2D eigenvalue weighted by Gasteiger charge is 2.37. The van der Waals surface area contributed by atoms with E-state index in [1.54, 1.807) is 22.7 Å². The van der Waals surface area contributed by atoms with Crippen molar-refractivity contribution in [1.29, 1.82) is 0 Å². The zero-order valence-electron chi connectivity index (χ0n) is 27.7. The molecule has 252 valence electrons. The first kappa shape index (κ1) is 31.7. The molecular formula is C37H39N7O3S2. The van der Waals surface area contributed by atoms with Crippen molar-refractivity contribution in [2.75, 3.05) is 20.2 Å². The lowest BCUT2D eigenvalue weighted by Gasteiger charge is -2.30. The van der Waals surface area contributed by atoms with E-state index in [1.807, 2.05) is 24.9 Å². The van der Waals surface area contributed by atoms with Gasteiger partial charge in [0.25, 0.3) is 0 Å². The Morgan fingerprint density at radius 2 is 1.67 bits per heavy atom. The number of hydrogen-bond acceptors (Lipinski definition) is 8. The molecule has 4 aromatic heterocycles. The van der Waals surface area contributed by atoms with Crippen LogP contribution in [0.3, 0.4) is 0 Å². The average Bonchev–Trinajstić information content (AvgIpc) is 3.96. The number of amides is 2. The first-order chi connectivity index (χ1) is 23.9. The van der Waals surface area contributed by atoms with Crippen LogP contribution >= 0.6 is 22.7 Å². The number of ether oxygens (including phenoxy) is 1. The molecule has 10 nitrogen and oxygen atoms in total. The number of benzene rings is 2. The molecule has 0 saturated carbocycles. The van der Waals surface area contributed by atoms with Gasteiger partial charge in [0, 0.05) is 28.4 Å². The van der Waals surface area contributed by atoms with Crippen molar-refractivity contribution in [1.82, 2.24) is 35.5 Å². The minimum Gasteiger partial charge on any atom is -0.453 e. The number of alkyl carbamates (subject to hydrolysis) is 1.